The zero-order chi connectivity index (χ0) is 14.9. The van der Waals surface area contributed by atoms with Gasteiger partial charge in [0.25, 0.3) is 0 Å². The van der Waals surface area contributed by atoms with Gasteiger partial charge in [-0.3, -0.25) is 4.68 Å². The fourth-order valence-electron chi connectivity index (χ4n) is 1.62. The highest BCUT2D eigenvalue weighted by molar-refractivity contribution is 6.28. The number of aromatic nitrogens is 5. The first-order valence-electron chi connectivity index (χ1n) is 6.13. The Labute approximate surface area is 121 Å². The van der Waals surface area contributed by atoms with E-state index in [9.17, 15) is 0 Å². The van der Waals surface area contributed by atoms with E-state index in [2.05, 4.69) is 20.1 Å². The maximum Gasteiger partial charge on any atom is 0.329 e. The molecule has 0 unspecified atom stereocenters. The lowest BCUT2D eigenvalue weighted by Crippen LogP contribution is -2.09. The van der Waals surface area contributed by atoms with Gasteiger partial charge in [0.2, 0.25) is 5.28 Å². The Balaban J connectivity index is 2.31. The van der Waals surface area contributed by atoms with Gasteiger partial charge >= 0.3 is 12.0 Å². The molecule has 0 amide bonds. The second-order valence-corrected chi connectivity index (χ2v) is 4.90. The van der Waals surface area contributed by atoms with Crippen LogP contribution < -0.4 is 9.47 Å². The summed E-state index contributed by atoms with van der Waals surface area (Å²) in [5.41, 5.74) is 1.61. The van der Waals surface area contributed by atoms with Crippen LogP contribution in [0.2, 0.25) is 5.28 Å². The second-order valence-electron chi connectivity index (χ2n) is 4.56. The zero-order valence-electron chi connectivity index (χ0n) is 12.0. The maximum absolute atomic E-state index is 5.84. The average molecular weight is 298 g/mol. The molecule has 0 fully saturated rings. The molecule has 8 heteroatoms. The fraction of sp³-hybridized carbons (Fsp3) is 0.500. The van der Waals surface area contributed by atoms with E-state index in [1.54, 1.807) is 4.68 Å². The highest BCUT2D eigenvalue weighted by atomic mass is 35.5. The summed E-state index contributed by atoms with van der Waals surface area (Å²) in [6, 6.07) is 0.217. The average Bonchev–Trinajstić information content (AvgIpc) is 2.54. The summed E-state index contributed by atoms with van der Waals surface area (Å²) in [6.45, 7) is 7.47. The van der Waals surface area contributed by atoms with Gasteiger partial charge in [0.15, 0.2) is 5.75 Å². The molecule has 2 aromatic rings. The molecule has 0 saturated heterocycles. The van der Waals surface area contributed by atoms with Crippen LogP contribution in [-0.2, 0) is 7.05 Å². The molecular weight excluding hydrogens is 282 g/mol. The molecule has 0 aliphatic rings. The van der Waals surface area contributed by atoms with Gasteiger partial charge in [0, 0.05) is 7.05 Å². The number of hydrogen-bond acceptors (Lipinski definition) is 6. The van der Waals surface area contributed by atoms with Crippen molar-refractivity contribution in [3.8, 4) is 17.8 Å². The minimum absolute atomic E-state index is 0.0184. The van der Waals surface area contributed by atoms with E-state index in [4.69, 9.17) is 21.1 Å². The Morgan fingerprint density at radius 1 is 1.10 bits per heavy atom. The Morgan fingerprint density at radius 3 is 2.30 bits per heavy atom. The second kappa shape index (κ2) is 5.62. The van der Waals surface area contributed by atoms with Crippen LogP contribution in [0.5, 0.6) is 17.8 Å². The molecule has 0 aliphatic heterocycles. The SMILES string of the molecule is Cc1nn(C)c(C)c1Oc1nc(Cl)nc(OC(C)C)n1. The zero-order valence-corrected chi connectivity index (χ0v) is 12.8. The van der Waals surface area contributed by atoms with E-state index in [0.717, 1.165) is 11.4 Å². The summed E-state index contributed by atoms with van der Waals surface area (Å²) in [4.78, 5) is 11.9. The van der Waals surface area contributed by atoms with Gasteiger partial charge < -0.3 is 9.47 Å². The normalized spacial score (nSPS) is 10.9. The lowest BCUT2D eigenvalue weighted by atomic mass is 10.3. The Bertz CT molecular complexity index is 627. The summed E-state index contributed by atoms with van der Waals surface area (Å²) in [5.74, 6) is 0.602. The van der Waals surface area contributed by atoms with Crippen LogP contribution in [0.3, 0.4) is 0 Å². The van der Waals surface area contributed by atoms with Crippen LogP contribution in [0.4, 0.5) is 0 Å². The molecule has 2 rings (SSSR count). The van der Waals surface area contributed by atoms with Crippen molar-refractivity contribution in [2.24, 2.45) is 7.05 Å². The molecule has 108 valence electrons. The predicted octanol–water partition coefficient (Wildman–Crippen LogP) is 2.45. The molecule has 2 heterocycles. The topological polar surface area (TPSA) is 75.0 Å². The monoisotopic (exact) mass is 297 g/mol. The van der Waals surface area contributed by atoms with Crippen molar-refractivity contribution in [2.75, 3.05) is 0 Å². The quantitative estimate of drug-likeness (QED) is 0.863. The molecule has 0 N–H and O–H groups in total. The largest absolute Gasteiger partial charge is 0.461 e. The van der Waals surface area contributed by atoms with Crippen LogP contribution in [0.1, 0.15) is 25.2 Å². The maximum atomic E-state index is 5.84. The van der Waals surface area contributed by atoms with Crippen LogP contribution in [-0.4, -0.2) is 30.8 Å². The van der Waals surface area contributed by atoms with E-state index in [1.807, 2.05) is 34.7 Å². The molecule has 0 aromatic carbocycles. The molecule has 0 spiro atoms. The van der Waals surface area contributed by atoms with E-state index in [0.29, 0.717) is 5.75 Å². The number of hydrogen-bond donors (Lipinski definition) is 0. The number of halogens is 1. The van der Waals surface area contributed by atoms with Crippen molar-refractivity contribution in [3.05, 3.63) is 16.7 Å². The van der Waals surface area contributed by atoms with E-state index >= 15 is 0 Å². The minimum atomic E-state index is -0.0665. The summed E-state index contributed by atoms with van der Waals surface area (Å²) < 4.78 is 12.8. The first kappa shape index (κ1) is 14.5. The van der Waals surface area contributed by atoms with Crippen LogP contribution >= 0.6 is 11.6 Å². The molecule has 20 heavy (non-hydrogen) atoms. The summed E-state index contributed by atoms with van der Waals surface area (Å²) in [7, 11) is 1.84. The van der Waals surface area contributed by atoms with Gasteiger partial charge in [-0.15, -0.1) is 4.98 Å². The summed E-state index contributed by atoms with van der Waals surface area (Å²) in [5, 5.41) is 4.27. The smallest absolute Gasteiger partial charge is 0.329 e. The van der Waals surface area contributed by atoms with Crippen LogP contribution in [0, 0.1) is 13.8 Å². The predicted molar refractivity (Wildman–Crippen MR) is 73.4 cm³/mol. The van der Waals surface area contributed by atoms with E-state index in [-0.39, 0.29) is 23.4 Å². The number of aryl methyl sites for hydroxylation is 2. The highest BCUT2D eigenvalue weighted by Gasteiger charge is 2.15. The third-order valence-electron chi connectivity index (χ3n) is 2.54. The first-order chi connectivity index (χ1) is 9.36. The van der Waals surface area contributed by atoms with Gasteiger partial charge in [0.05, 0.1) is 11.8 Å². The summed E-state index contributed by atoms with van der Waals surface area (Å²) >= 11 is 5.84. The third-order valence-corrected chi connectivity index (χ3v) is 2.71. The Kier molecular flexibility index (Phi) is 4.08. The van der Waals surface area contributed by atoms with Gasteiger partial charge in [0.1, 0.15) is 5.69 Å². The number of nitrogens with zero attached hydrogens (tertiary/aromatic N) is 5. The molecule has 0 radical (unpaired) electrons. The number of ether oxygens (including phenoxy) is 2. The van der Waals surface area contributed by atoms with Crippen molar-refractivity contribution < 1.29 is 9.47 Å². The summed E-state index contributed by atoms with van der Waals surface area (Å²) in [6.07, 6.45) is -0.0665. The van der Waals surface area contributed by atoms with Crippen LogP contribution in [0.25, 0.3) is 0 Å². The van der Waals surface area contributed by atoms with E-state index in [1.165, 1.54) is 0 Å². The van der Waals surface area contributed by atoms with Gasteiger partial charge in [-0.25, -0.2) is 0 Å². The molecule has 0 aliphatic carbocycles. The van der Waals surface area contributed by atoms with Crippen molar-refractivity contribution in [3.63, 3.8) is 0 Å². The molecule has 0 bridgehead atoms. The Morgan fingerprint density at radius 2 is 1.75 bits per heavy atom. The fourth-order valence-corrected chi connectivity index (χ4v) is 1.76. The van der Waals surface area contributed by atoms with Gasteiger partial charge in [-0.1, -0.05) is 0 Å². The van der Waals surface area contributed by atoms with Crippen molar-refractivity contribution in [2.45, 2.75) is 33.8 Å². The van der Waals surface area contributed by atoms with Gasteiger partial charge in [-0.2, -0.15) is 15.1 Å². The number of rotatable bonds is 4. The lowest BCUT2D eigenvalue weighted by Gasteiger charge is -2.09. The van der Waals surface area contributed by atoms with Crippen molar-refractivity contribution >= 4 is 11.6 Å². The van der Waals surface area contributed by atoms with Gasteiger partial charge in [-0.05, 0) is 39.3 Å². The molecule has 7 nitrogen and oxygen atoms in total. The lowest BCUT2D eigenvalue weighted by molar-refractivity contribution is 0.218. The Hall–Kier alpha value is -1.89. The van der Waals surface area contributed by atoms with Crippen LogP contribution in [0.15, 0.2) is 0 Å². The molecule has 2 aromatic heterocycles. The third kappa shape index (κ3) is 3.16. The highest BCUT2D eigenvalue weighted by Crippen LogP contribution is 2.27. The van der Waals surface area contributed by atoms with Crippen molar-refractivity contribution in [1.82, 2.24) is 24.7 Å². The molecular formula is C12H16ClN5O2. The minimum Gasteiger partial charge on any atom is -0.461 e. The van der Waals surface area contributed by atoms with E-state index < -0.39 is 0 Å². The first-order valence-corrected chi connectivity index (χ1v) is 6.51. The van der Waals surface area contributed by atoms with Crippen molar-refractivity contribution in [1.29, 1.82) is 0 Å². The molecule has 0 atom stereocenters. The standard InChI is InChI=1S/C12H16ClN5O2/c1-6(2)19-11-14-10(13)15-12(16-11)20-9-7(3)17-18(5)8(9)4/h6H,1-5H3. The molecule has 0 saturated carbocycles.